The summed E-state index contributed by atoms with van der Waals surface area (Å²) in [5.41, 5.74) is 1.84. The molecule has 3 fully saturated rings. The normalized spacial score (nSPS) is 32.8. The number of anilines is 1. The van der Waals surface area contributed by atoms with Crippen LogP contribution in [0.25, 0.3) is 0 Å². The van der Waals surface area contributed by atoms with Crippen LogP contribution in [0.3, 0.4) is 0 Å². The van der Waals surface area contributed by atoms with E-state index in [9.17, 15) is 0 Å². The average Bonchev–Trinajstić information content (AvgIpc) is 2.92. The zero-order chi connectivity index (χ0) is 11.9. The molecule has 0 bridgehead atoms. The molecule has 2 aliphatic heterocycles. The molecule has 0 unspecified atom stereocenters. The predicted molar refractivity (Wildman–Crippen MR) is 72.9 cm³/mol. The first-order valence-corrected chi connectivity index (χ1v) is 8.00. The molecule has 1 saturated carbocycles. The summed E-state index contributed by atoms with van der Waals surface area (Å²) in [6, 6.07) is 0. The molecule has 0 amide bonds. The van der Waals surface area contributed by atoms with Gasteiger partial charge in [0.2, 0.25) is 5.13 Å². The third kappa shape index (κ3) is 2.14. The van der Waals surface area contributed by atoms with Gasteiger partial charge in [0, 0.05) is 26.2 Å². The predicted octanol–water partition coefficient (Wildman–Crippen LogP) is 1.71. The number of hydrogen-bond donors (Lipinski definition) is 0. The molecule has 1 aromatic heterocycles. The van der Waals surface area contributed by atoms with Crippen molar-refractivity contribution >= 4 is 16.5 Å². The van der Waals surface area contributed by atoms with Crippen LogP contribution in [0.1, 0.15) is 19.3 Å². The van der Waals surface area contributed by atoms with Crippen LogP contribution in [-0.2, 0) is 0 Å². The van der Waals surface area contributed by atoms with Crippen molar-refractivity contribution in [3.05, 3.63) is 5.51 Å². The molecule has 1 aromatic rings. The first-order valence-electron chi connectivity index (χ1n) is 7.12. The smallest absolute Gasteiger partial charge is 0.208 e. The maximum Gasteiger partial charge on any atom is 0.208 e. The Labute approximate surface area is 112 Å². The lowest BCUT2D eigenvalue weighted by molar-refractivity contribution is 0.143. The molecule has 0 radical (unpaired) electrons. The lowest BCUT2D eigenvalue weighted by atomic mass is 9.88. The molecule has 4 rings (SSSR count). The van der Waals surface area contributed by atoms with E-state index in [0.717, 1.165) is 22.9 Å². The van der Waals surface area contributed by atoms with Crippen LogP contribution in [0.15, 0.2) is 5.51 Å². The van der Waals surface area contributed by atoms with Gasteiger partial charge in [-0.25, -0.2) is 0 Å². The van der Waals surface area contributed by atoms with Crippen LogP contribution in [-0.4, -0.2) is 47.8 Å². The van der Waals surface area contributed by atoms with Gasteiger partial charge in [-0.05, 0) is 43.6 Å². The molecule has 2 atom stereocenters. The molecule has 4 nitrogen and oxygen atoms in total. The molecule has 0 N–H and O–H groups in total. The second-order valence-corrected chi connectivity index (χ2v) is 6.95. The molecular weight excluding hydrogens is 244 g/mol. The molecular formula is C13H20N4S. The van der Waals surface area contributed by atoms with Crippen LogP contribution in [0.5, 0.6) is 0 Å². The van der Waals surface area contributed by atoms with Gasteiger partial charge in [-0.15, -0.1) is 10.2 Å². The zero-order valence-electron chi connectivity index (χ0n) is 10.7. The fourth-order valence-corrected chi connectivity index (χ4v) is 4.12. The maximum absolute atomic E-state index is 4.21. The Morgan fingerprint density at radius 2 is 2.06 bits per heavy atom. The van der Waals surface area contributed by atoms with E-state index in [-0.39, 0.29) is 0 Å². The average molecular weight is 264 g/mol. The Kier molecular flexibility index (Phi) is 2.77. The summed E-state index contributed by atoms with van der Waals surface area (Å²) >= 11 is 1.68. The highest BCUT2D eigenvalue weighted by atomic mass is 32.1. The van der Waals surface area contributed by atoms with E-state index in [1.54, 1.807) is 11.3 Å². The number of fused-ring (bicyclic) bond motifs is 1. The Balaban J connectivity index is 1.39. The summed E-state index contributed by atoms with van der Waals surface area (Å²) < 4.78 is 0. The summed E-state index contributed by atoms with van der Waals surface area (Å²) in [5.74, 6) is 2.79. The van der Waals surface area contributed by atoms with Crippen molar-refractivity contribution in [1.82, 2.24) is 15.1 Å². The van der Waals surface area contributed by atoms with E-state index < -0.39 is 0 Å². The van der Waals surface area contributed by atoms with Gasteiger partial charge in [0.15, 0.2) is 0 Å². The molecule has 5 heteroatoms. The standard InChI is InChI=1S/C13H20N4S/c1-2-10(1)5-16-4-3-11-7-17(8-12(11)6-16)13-15-14-9-18-13/h9-12H,1-8H2/t11-,12+/m1/s1. The van der Waals surface area contributed by atoms with Crippen molar-refractivity contribution in [3.8, 4) is 0 Å². The van der Waals surface area contributed by atoms with Gasteiger partial charge in [-0.3, -0.25) is 0 Å². The van der Waals surface area contributed by atoms with Gasteiger partial charge in [0.1, 0.15) is 5.51 Å². The van der Waals surface area contributed by atoms with Crippen molar-refractivity contribution in [2.75, 3.05) is 37.6 Å². The molecule has 0 aromatic carbocycles. The van der Waals surface area contributed by atoms with Gasteiger partial charge in [0.05, 0.1) is 0 Å². The SMILES string of the molecule is c1nnc(N2C[C@H]3CCN(CC4CC4)C[C@H]3C2)s1. The quantitative estimate of drug-likeness (QED) is 0.832. The van der Waals surface area contributed by atoms with Crippen molar-refractivity contribution in [2.45, 2.75) is 19.3 Å². The highest BCUT2D eigenvalue weighted by Crippen LogP contribution is 2.36. The van der Waals surface area contributed by atoms with Crippen LogP contribution < -0.4 is 4.90 Å². The third-order valence-electron chi connectivity index (χ3n) is 4.72. The highest BCUT2D eigenvalue weighted by molar-refractivity contribution is 7.13. The van der Waals surface area contributed by atoms with Crippen LogP contribution in [0.4, 0.5) is 5.13 Å². The molecule has 3 heterocycles. The van der Waals surface area contributed by atoms with E-state index in [0.29, 0.717) is 0 Å². The second kappa shape index (κ2) is 4.46. The molecule has 2 saturated heterocycles. The molecule has 98 valence electrons. The second-order valence-electron chi connectivity index (χ2n) is 6.14. The van der Waals surface area contributed by atoms with Gasteiger partial charge < -0.3 is 9.80 Å². The summed E-state index contributed by atoms with van der Waals surface area (Å²) in [4.78, 5) is 5.16. The zero-order valence-corrected chi connectivity index (χ0v) is 11.5. The lowest BCUT2D eigenvalue weighted by Crippen LogP contribution is -2.40. The fraction of sp³-hybridized carbons (Fsp3) is 0.846. The number of rotatable bonds is 3. The van der Waals surface area contributed by atoms with E-state index in [1.165, 1.54) is 52.0 Å². The summed E-state index contributed by atoms with van der Waals surface area (Å²) in [6.45, 7) is 6.40. The number of nitrogens with zero attached hydrogens (tertiary/aromatic N) is 4. The molecule has 0 spiro atoms. The van der Waals surface area contributed by atoms with Gasteiger partial charge in [-0.1, -0.05) is 11.3 Å². The Morgan fingerprint density at radius 1 is 1.17 bits per heavy atom. The van der Waals surface area contributed by atoms with Gasteiger partial charge >= 0.3 is 0 Å². The van der Waals surface area contributed by atoms with Crippen LogP contribution in [0, 0.1) is 17.8 Å². The van der Waals surface area contributed by atoms with E-state index in [4.69, 9.17) is 0 Å². The molecule has 3 aliphatic rings. The molecule has 18 heavy (non-hydrogen) atoms. The summed E-state index contributed by atoms with van der Waals surface area (Å²) in [5, 5.41) is 9.30. The topological polar surface area (TPSA) is 32.3 Å². The first kappa shape index (κ1) is 11.2. The van der Waals surface area contributed by atoms with Crippen LogP contribution >= 0.6 is 11.3 Å². The van der Waals surface area contributed by atoms with E-state index in [1.807, 2.05) is 5.51 Å². The van der Waals surface area contributed by atoms with Crippen LogP contribution in [0.2, 0.25) is 0 Å². The summed E-state index contributed by atoms with van der Waals surface area (Å²) in [6.07, 6.45) is 4.33. The number of piperidine rings is 1. The van der Waals surface area contributed by atoms with Crippen molar-refractivity contribution in [2.24, 2.45) is 17.8 Å². The van der Waals surface area contributed by atoms with Gasteiger partial charge in [0.25, 0.3) is 0 Å². The minimum absolute atomic E-state index is 0.862. The highest BCUT2D eigenvalue weighted by Gasteiger charge is 2.38. The monoisotopic (exact) mass is 264 g/mol. The van der Waals surface area contributed by atoms with E-state index in [2.05, 4.69) is 20.0 Å². The Morgan fingerprint density at radius 3 is 2.83 bits per heavy atom. The van der Waals surface area contributed by atoms with E-state index >= 15 is 0 Å². The van der Waals surface area contributed by atoms with Gasteiger partial charge in [-0.2, -0.15) is 0 Å². The van der Waals surface area contributed by atoms with Crippen molar-refractivity contribution in [1.29, 1.82) is 0 Å². The first-order chi connectivity index (χ1) is 8.88. The van der Waals surface area contributed by atoms with Crippen molar-refractivity contribution in [3.63, 3.8) is 0 Å². The maximum atomic E-state index is 4.21. The number of hydrogen-bond acceptors (Lipinski definition) is 5. The number of likely N-dealkylation sites (tertiary alicyclic amines) is 1. The minimum atomic E-state index is 0.862. The fourth-order valence-electron chi connectivity index (χ4n) is 3.54. The number of aromatic nitrogens is 2. The Bertz CT molecular complexity index is 403. The lowest BCUT2D eigenvalue weighted by Gasteiger charge is -2.34. The third-order valence-corrected chi connectivity index (χ3v) is 5.47. The molecule has 1 aliphatic carbocycles. The largest absolute Gasteiger partial charge is 0.346 e. The Hall–Kier alpha value is -0.680. The summed E-state index contributed by atoms with van der Waals surface area (Å²) in [7, 11) is 0. The minimum Gasteiger partial charge on any atom is -0.346 e. The van der Waals surface area contributed by atoms with Crippen molar-refractivity contribution < 1.29 is 0 Å².